The van der Waals surface area contributed by atoms with E-state index in [1.54, 1.807) is 6.07 Å². The largest absolute Gasteiger partial charge is 0.378 e. The van der Waals surface area contributed by atoms with E-state index in [2.05, 4.69) is 21.2 Å². The first kappa shape index (κ1) is 15.4. The van der Waals surface area contributed by atoms with Crippen molar-refractivity contribution in [2.75, 3.05) is 5.32 Å². The number of hydrogen-bond acceptors (Lipinski definition) is 2. The van der Waals surface area contributed by atoms with Gasteiger partial charge in [0, 0.05) is 22.6 Å². The molecule has 7 heteroatoms. The van der Waals surface area contributed by atoms with Gasteiger partial charge in [-0.2, -0.15) is 0 Å². The van der Waals surface area contributed by atoms with E-state index in [-0.39, 0.29) is 12.2 Å². The quantitative estimate of drug-likeness (QED) is 0.877. The Morgan fingerprint density at radius 3 is 2.43 bits per heavy atom. The molecule has 0 radical (unpaired) electrons. The molecule has 3 nitrogen and oxygen atoms in total. The van der Waals surface area contributed by atoms with Crippen LogP contribution >= 0.6 is 15.9 Å². The maximum absolute atomic E-state index is 13.6. The molecule has 0 spiro atoms. The summed E-state index contributed by atoms with van der Waals surface area (Å²) in [6.07, 6.45) is 0. The zero-order chi connectivity index (χ0) is 15.6. The van der Waals surface area contributed by atoms with Crippen LogP contribution in [-0.4, -0.2) is 5.91 Å². The Labute approximate surface area is 127 Å². The Morgan fingerprint density at radius 2 is 1.81 bits per heavy atom. The van der Waals surface area contributed by atoms with Crippen molar-refractivity contribution in [3.63, 3.8) is 0 Å². The third-order valence-corrected chi connectivity index (χ3v) is 3.30. The summed E-state index contributed by atoms with van der Waals surface area (Å²) >= 11 is 3.12. The summed E-state index contributed by atoms with van der Waals surface area (Å²) in [6.45, 7) is -0.0279. The van der Waals surface area contributed by atoms with Crippen molar-refractivity contribution in [1.29, 1.82) is 0 Å². The van der Waals surface area contributed by atoms with Crippen molar-refractivity contribution >= 4 is 27.5 Å². The molecule has 0 saturated heterocycles. The molecule has 2 aromatic carbocycles. The second-order valence-electron chi connectivity index (χ2n) is 4.27. The summed E-state index contributed by atoms with van der Waals surface area (Å²) in [4.78, 5) is 11.0. The minimum atomic E-state index is -1.04. The van der Waals surface area contributed by atoms with E-state index in [1.807, 2.05) is 0 Å². The fraction of sp³-hybridized carbons (Fsp3) is 0.0714. The predicted molar refractivity (Wildman–Crippen MR) is 76.3 cm³/mol. The second kappa shape index (κ2) is 6.17. The van der Waals surface area contributed by atoms with E-state index in [4.69, 9.17) is 5.73 Å². The van der Waals surface area contributed by atoms with Gasteiger partial charge in [-0.25, -0.2) is 13.2 Å². The minimum absolute atomic E-state index is 0.0279. The maximum Gasteiger partial charge on any atom is 0.251 e. The molecule has 0 heterocycles. The van der Waals surface area contributed by atoms with Crippen LogP contribution in [0.3, 0.4) is 0 Å². The van der Waals surface area contributed by atoms with Gasteiger partial charge in [0.15, 0.2) is 0 Å². The van der Waals surface area contributed by atoms with Gasteiger partial charge in [-0.1, -0.05) is 22.0 Å². The monoisotopic (exact) mass is 358 g/mol. The van der Waals surface area contributed by atoms with Gasteiger partial charge in [-0.05, 0) is 18.2 Å². The van der Waals surface area contributed by atoms with Crippen molar-refractivity contribution in [2.45, 2.75) is 6.54 Å². The molecule has 2 aromatic rings. The standard InChI is InChI=1S/C14H10BrF3N2O/c15-8-2-1-7(10(16)3-8)6-20-13-4-9(14(19)21)11(17)5-12(13)18/h1-5,20H,6H2,(H2,19,21). The summed E-state index contributed by atoms with van der Waals surface area (Å²) in [6, 6.07) is 5.94. The first-order valence-electron chi connectivity index (χ1n) is 5.85. The highest BCUT2D eigenvalue weighted by atomic mass is 79.9. The van der Waals surface area contributed by atoms with Crippen LogP contribution in [0, 0.1) is 17.5 Å². The van der Waals surface area contributed by atoms with Crippen molar-refractivity contribution in [1.82, 2.24) is 0 Å². The molecular weight excluding hydrogens is 349 g/mol. The normalized spacial score (nSPS) is 10.5. The van der Waals surface area contributed by atoms with Crippen LogP contribution in [-0.2, 0) is 6.54 Å². The topological polar surface area (TPSA) is 55.1 Å². The van der Waals surface area contributed by atoms with Crippen LogP contribution in [0.2, 0.25) is 0 Å². The Hall–Kier alpha value is -2.02. The molecule has 1 amide bonds. The van der Waals surface area contributed by atoms with Gasteiger partial charge in [-0.15, -0.1) is 0 Å². The van der Waals surface area contributed by atoms with Crippen LogP contribution in [0.15, 0.2) is 34.8 Å². The second-order valence-corrected chi connectivity index (χ2v) is 5.18. The Kier molecular flexibility index (Phi) is 4.52. The third kappa shape index (κ3) is 3.55. The number of carbonyl (C=O) groups is 1. The average Bonchev–Trinajstić information content (AvgIpc) is 2.39. The molecule has 0 aromatic heterocycles. The summed E-state index contributed by atoms with van der Waals surface area (Å²) < 4.78 is 41.1. The van der Waals surface area contributed by atoms with Crippen LogP contribution < -0.4 is 11.1 Å². The fourth-order valence-electron chi connectivity index (χ4n) is 1.73. The van der Waals surface area contributed by atoms with Gasteiger partial charge in [0.25, 0.3) is 5.91 Å². The average molecular weight is 359 g/mol. The van der Waals surface area contributed by atoms with Crippen molar-refractivity contribution in [3.8, 4) is 0 Å². The van der Waals surface area contributed by atoms with E-state index in [9.17, 15) is 18.0 Å². The Bertz CT molecular complexity index is 707. The van der Waals surface area contributed by atoms with Crippen molar-refractivity contribution < 1.29 is 18.0 Å². The van der Waals surface area contributed by atoms with E-state index < -0.39 is 28.9 Å². The molecule has 0 aliphatic carbocycles. The molecule has 0 saturated carbocycles. The molecule has 0 atom stereocenters. The molecule has 0 fully saturated rings. The predicted octanol–water partition coefficient (Wildman–Crippen LogP) is 3.58. The number of halogens is 4. The molecule has 0 aliphatic rings. The Balaban J connectivity index is 2.23. The van der Waals surface area contributed by atoms with Gasteiger partial charge in [0.1, 0.15) is 17.5 Å². The Morgan fingerprint density at radius 1 is 1.10 bits per heavy atom. The molecule has 21 heavy (non-hydrogen) atoms. The fourth-order valence-corrected chi connectivity index (χ4v) is 2.06. The number of rotatable bonds is 4. The number of amides is 1. The van der Waals surface area contributed by atoms with Gasteiger partial charge < -0.3 is 11.1 Å². The molecular formula is C14H10BrF3N2O. The molecule has 3 N–H and O–H groups in total. The molecule has 0 bridgehead atoms. The number of anilines is 1. The molecule has 0 aliphatic heterocycles. The number of nitrogens with one attached hydrogen (secondary N) is 1. The highest BCUT2D eigenvalue weighted by Crippen LogP contribution is 2.21. The smallest absolute Gasteiger partial charge is 0.251 e. The maximum atomic E-state index is 13.6. The van der Waals surface area contributed by atoms with Crippen LogP contribution in [0.5, 0.6) is 0 Å². The zero-order valence-electron chi connectivity index (χ0n) is 10.6. The van der Waals surface area contributed by atoms with E-state index in [1.165, 1.54) is 12.1 Å². The first-order chi connectivity index (χ1) is 9.88. The lowest BCUT2D eigenvalue weighted by atomic mass is 10.1. The van der Waals surface area contributed by atoms with Crippen molar-refractivity contribution in [2.24, 2.45) is 5.73 Å². The number of nitrogens with two attached hydrogens (primary N) is 1. The van der Waals surface area contributed by atoms with Crippen LogP contribution in [0.25, 0.3) is 0 Å². The number of hydrogen-bond donors (Lipinski definition) is 2. The lowest BCUT2D eigenvalue weighted by molar-refractivity contribution is 0.0996. The van der Waals surface area contributed by atoms with Crippen molar-refractivity contribution in [3.05, 3.63) is 63.4 Å². The van der Waals surface area contributed by atoms with Gasteiger partial charge in [-0.3, -0.25) is 4.79 Å². The van der Waals surface area contributed by atoms with E-state index in [0.717, 1.165) is 6.07 Å². The molecule has 110 valence electrons. The number of primary amides is 1. The number of benzene rings is 2. The molecule has 2 rings (SSSR count). The SMILES string of the molecule is NC(=O)c1cc(NCc2ccc(Br)cc2F)c(F)cc1F. The van der Waals surface area contributed by atoms with Crippen LogP contribution in [0.1, 0.15) is 15.9 Å². The highest BCUT2D eigenvalue weighted by molar-refractivity contribution is 9.10. The van der Waals surface area contributed by atoms with Gasteiger partial charge >= 0.3 is 0 Å². The first-order valence-corrected chi connectivity index (χ1v) is 6.64. The van der Waals surface area contributed by atoms with E-state index in [0.29, 0.717) is 16.1 Å². The van der Waals surface area contributed by atoms with E-state index >= 15 is 0 Å². The summed E-state index contributed by atoms with van der Waals surface area (Å²) in [7, 11) is 0. The highest BCUT2D eigenvalue weighted by Gasteiger charge is 2.14. The van der Waals surface area contributed by atoms with Gasteiger partial charge in [0.2, 0.25) is 0 Å². The number of carbonyl (C=O) groups excluding carboxylic acids is 1. The summed E-state index contributed by atoms with van der Waals surface area (Å²) in [5.41, 5.74) is 4.71. The van der Waals surface area contributed by atoms with Gasteiger partial charge in [0.05, 0.1) is 11.3 Å². The molecule has 0 unspecified atom stereocenters. The minimum Gasteiger partial charge on any atom is -0.378 e. The summed E-state index contributed by atoms with van der Waals surface area (Å²) in [5.74, 6) is -3.42. The third-order valence-electron chi connectivity index (χ3n) is 2.81. The summed E-state index contributed by atoms with van der Waals surface area (Å²) in [5, 5.41) is 2.61. The lowest BCUT2D eigenvalue weighted by Gasteiger charge is -2.10. The lowest BCUT2D eigenvalue weighted by Crippen LogP contribution is -2.14. The zero-order valence-corrected chi connectivity index (χ0v) is 12.2. The van der Waals surface area contributed by atoms with Crippen LogP contribution in [0.4, 0.5) is 18.9 Å².